The highest BCUT2D eigenvalue weighted by atomic mass is 127. The Hall–Kier alpha value is -0.450. The van der Waals surface area contributed by atoms with Gasteiger partial charge in [0.1, 0.15) is 5.75 Å². The lowest BCUT2D eigenvalue weighted by Crippen LogP contribution is -2.04. The summed E-state index contributed by atoms with van der Waals surface area (Å²) in [6, 6.07) is 5.66. The van der Waals surface area contributed by atoms with Crippen LogP contribution in [-0.4, -0.2) is 5.11 Å². The summed E-state index contributed by atoms with van der Waals surface area (Å²) in [7, 11) is 0. The van der Waals surface area contributed by atoms with Crippen molar-refractivity contribution in [3.8, 4) is 5.75 Å². The molecule has 0 heterocycles. The smallest absolute Gasteiger partial charge is 0.185 e. The Bertz CT molecular complexity index is 357. The summed E-state index contributed by atoms with van der Waals surface area (Å²) in [6.45, 7) is 0. The van der Waals surface area contributed by atoms with E-state index in [2.05, 4.69) is 0 Å². The van der Waals surface area contributed by atoms with E-state index in [1.54, 1.807) is 0 Å². The SMILES string of the molecule is O=Ic1ccc(C2CCCCC2)cc1O. The molecule has 1 N–H and O–H groups in total. The van der Waals surface area contributed by atoms with Gasteiger partial charge in [-0.3, -0.25) is 3.07 Å². The Balaban J connectivity index is 2.21. The Labute approximate surface area is 100 Å². The molecule has 0 amide bonds. The van der Waals surface area contributed by atoms with Crippen LogP contribution in [0.15, 0.2) is 18.2 Å². The van der Waals surface area contributed by atoms with Crippen LogP contribution in [0.4, 0.5) is 0 Å². The average molecular weight is 318 g/mol. The van der Waals surface area contributed by atoms with Crippen LogP contribution >= 0.6 is 21.2 Å². The molecule has 0 atom stereocenters. The standard InChI is InChI=1S/C12H15IO2/c14-12-8-10(6-7-11(12)13-15)9-4-2-1-3-5-9/h6-9,14H,1-5H2. The molecule has 0 bridgehead atoms. The second kappa shape index (κ2) is 5.05. The molecule has 1 saturated carbocycles. The van der Waals surface area contributed by atoms with Crippen molar-refractivity contribution in [1.82, 2.24) is 0 Å². The van der Waals surface area contributed by atoms with E-state index in [4.69, 9.17) is 0 Å². The van der Waals surface area contributed by atoms with Gasteiger partial charge in [0.05, 0.1) is 3.57 Å². The Morgan fingerprint density at radius 3 is 2.53 bits per heavy atom. The molecule has 1 aliphatic rings. The van der Waals surface area contributed by atoms with E-state index in [0.29, 0.717) is 9.49 Å². The summed E-state index contributed by atoms with van der Waals surface area (Å²) in [5.41, 5.74) is 1.22. The summed E-state index contributed by atoms with van der Waals surface area (Å²) < 4.78 is 11.4. The number of rotatable bonds is 2. The van der Waals surface area contributed by atoms with Gasteiger partial charge in [-0.2, -0.15) is 0 Å². The van der Waals surface area contributed by atoms with Crippen molar-refractivity contribution in [2.24, 2.45) is 0 Å². The van der Waals surface area contributed by atoms with Crippen LogP contribution in [0.5, 0.6) is 5.75 Å². The van der Waals surface area contributed by atoms with Crippen molar-refractivity contribution in [2.75, 3.05) is 0 Å². The van der Waals surface area contributed by atoms with Crippen molar-refractivity contribution in [3.05, 3.63) is 27.3 Å². The predicted molar refractivity (Wildman–Crippen MR) is 67.3 cm³/mol. The molecular weight excluding hydrogens is 303 g/mol. The fourth-order valence-corrected chi connectivity index (χ4v) is 2.99. The van der Waals surface area contributed by atoms with Gasteiger partial charge in [-0.05, 0) is 36.5 Å². The molecule has 15 heavy (non-hydrogen) atoms. The van der Waals surface area contributed by atoms with Crippen molar-refractivity contribution < 1.29 is 8.18 Å². The first-order chi connectivity index (χ1) is 7.31. The van der Waals surface area contributed by atoms with Crippen molar-refractivity contribution >= 4 is 21.2 Å². The fourth-order valence-electron chi connectivity index (χ4n) is 2.28. The van der Waals surface area contributed by atoms with E-state index in [-0.39, 0.29) is 5.75 Å². The first kappa shape index (κ1) is 11.0. The third-order valence-corrected chi connectivity index (χ3v) is 4.52. The quantitative estimate of drug-likeness (QED) is 0.839. The number of hydrogen-bond acceptors (Lipinski definition) is 2. The Kier molecular flexibility index (Phi) is 3.72. The lowest BCUT2D eigenvalue weighted by Gasteiger charge is -2.22. The first-order valence-corrected chi connectivity index (χ1v) is 7.37. The average Bonchev–Trinajstić information content (AvgIpc) is 2.30. The lowest BCUT2D eigenvalue weighted by molar-refractivity contribution is 0.437. The highest BCUT2D eigenvalue weighted by Crippen LogP contribution is 2.35. The Morgan fingerprint density at radius 2 is 1.93 bits per heavy atom. The normalized spacial score (nSPS) is 17.9. The molecule has 1 aromatic carbocycles. The van der Waals surface area contributed by atoms with Gasteiger partial charge in [0, 0.05) is 0 Å². The highest BCUT2D eigenvalue weighted by Gasteiger charge is 2.16. The second-order valence-corrected chi connectivity index (χ2v) is 5.73. The van der Waals surface area contributed by atoms with Crippen LogP contribution in [0.3, 0.4) is 0 Å². The number of phenolic OH excluding ortho intramolecular Hbond substituents is 1. The van der Waals surface area contributed by atoms with Crippen molar-refractivity contribution in [2.45, 2.75) is 38.0 Å². The molecule has 0 saturated heterocycles. The van der Waals surface area contributed by atoms with Gasteiger partial charge in [-0.1, -0.05) is 25.3 Å². The molecule has 2 rings (SSSR count). The van der Waals surface area contributed by atoms with Crippen LogP contribution < -0.4 is 0 Å². The van der Waals surface area contributed by atoms with E-state index >= 15 is 0 Å². The molecule has 0 spiro atoms. The first-order valence-electron chi connectivity index (χ1n) is 5.41. The zero-order valence-electron chi connectivity index (χ0n) is 8.58. The maximum Gasteiger partial charge on any atom is 0.185 e. The molecule has 1 aliphatic carbocycles. The predicted octanol–water partition coefficient (Wildman–Crippen LogP) is 3.93. The minimum Gasteiger partial charge on any atom is -0.507 e. The van der Waals surface area contributed by atoms with Gasteiger partial charge in [-0.25, -0.2) is 0 Å². The van der Waals surface area contributed by atoms with Gasteiger partial charge < -0.3 is 5.11 Å². The largest absolute Gasteiger partial charge is 0.507 e. The third-order valence-electron chi connectivity index (χ3n) is 3.13. The maximum absolute atomic E-state index is 10.8. The summed E-state index contributed by atoms with van der Waals surface area (Å²) in [5, 5.41) is 9.65. The number of benzene rings is 1. The van der Waals surface area contributed by atoms with Crippen molar-refractivity contribution in [1.29, 1.82) is 0 Å². The summed E-state index contributed by atoms with van der Waals surface area (Å²) >= 11 is -1.24. The van der Waals surface area contributed by atoms with Gasteiger partial charge in [0.2, 0.25) is 0 Å². The molecular formula is C12H15IO2. The van der Waals surface area contributed by atoms with Gasteiger partial charge in [-0.15, -0.1) is 0 Å². The van der Waals surface area contributed by atoms with Gasteiger partial charge >= 0.3 is 0 Å². The van der Waals surface area contributed by atoms with E-state index in [1.807, 2.05) is 18.2 Å². The molecule has 0 aromatic heterocycles. The van der Waals surface area contributed by atoms with E-state index in [1.165, 1.54) is 37.7 Å². The summed E-state index contributed by atoms with van der Waals surface area (Å²) in [6.07, 6.45) is 6.38. The molecule has 82 valence electrons. The number of phenols is 1. The van der Waals surface area contributed by atoms with Gasteiger partial charge in [0.25, 0.3) is 0 Å². The third kappa shape index (κ3) is 2.56. The van der Waals surface area contributed by atoms with Crippen LogP contribution in [0.25, 0.3) is 0 Å². The second-order valence-electron chi connectivity index (χ2n) is 4.12. The maximum atomic E-state index is 10.8. The minimum absolute atomic E-state index is 0.223. The van der Waals surface area contributed by atoms with Crippen LogP contribution in [0.2, 0.25) is 0 Å². The number of halogens is 1. The summed E-state index contributed by atoms with van der Waals surface area (Å²) in [4.78, 5) is 0. The molecule has 3 heteroatoms. The van der Waals surface area contributed by atoms with Crippen LogP contribution in [-0.2, 0) is 3.07 Å². The lowest BCUT2D eigenvalue weighted by atomic mass is 9.84. The Morgan fingerprint density at radius 1 is 1.20 bits per heavy atom. The molecule has 1 aromatic rings. The molecule has 0 radical (unpaired) electrons. The monoisotopic (exact) mass is 318 g/mol. The molecule has 0 aliphatic heterocycles. The van der Waals surface area contributed by atoms with E-state index in [0.717, 1.165) is 0 Å². The molecule has 0 unspecified atom stereocenters. The zero-order valence-corrected chi connectivity index (χ0v) is 10.7. The zero-order chi connectivity index (χ0) is 10.7. The summed E-state index contributed by atoms with van der Waals surface area (Å²) in [5.74, 6) is 0.824. The van der Waals surface area contributed by atoms with Crippen molar-refractivity contribution in [3.63, 3.8) is 0 Å². The van der Waals surface area contributed by atoms with E-state index in [9.17, 15) is 8.18 Å². The topological polar surface area (TPSA) is 37.3 Å². The van der Waals surface area contributed by atoms with E-state index < -0.39 is 21.2 Å². The van der Waals surface area contributed by atoms with Gasteiger partial charge in [0.15, 0.2) is 21.2 Å². The number of aromatic hydroxyl groups is 1. The molecule has 1 fully saturated rings. The number of hydrogen-bond donors (Lipinski definition) is 1. The van der Waals surface area contributed by atoms with Crippen LogP contribution in [0, 0.1) is 3.57 Å². The fraction of sp³-hybridized carbons (Fsp3) is 0.500. The highest BCUT2D eigenvalue weighted by molar-refractivity contribution is 14.1. The minimum atomic E-state index is -1.24. The van der Waals surface area contributed by atoms with Crippen LogP contribution in [0.1, 0.15) is 43.6 Å². The molecule has 2 nitrogen and oxygen atoms in total.